The standard InChI is InChI=1S/C25H33N3O4/c1-18-23(19(2)32-26-18)17-31-22-9-7-8-21(16-22)25(30)28-14-10-20(11-15-28)24(29)27-12-5-3-4-6-13-27/h7-9,16,20H,3-6,10-15,17H2,1-2H3. The maximum absolute atomic E-state index is 13.1. The van der Waals surface area contributed by atoms with Crippen molar-refractivity contribution in [2.45, 2.75) is 59.0 Å². The molecule has 3 heterocycles. The molecule has 2 fully saturated rings. The zero-order valence-electron chi connectivity index (χ0n) is 19.1. The fraction of sp³-hybridized carbons (Fsp3) is 0.560. The van der Waals surface area contributed by atoms with Crippen molar-refractivity contribution in [3.63, 3.8) is 0 Å². The maximum atomic E-state index is 13.1. The fourth-order valence-electron chi connectivity index (χ4n) is 4.64. The van der Waals surface area contributed by atoms with Gasteiger partial charge in [-0.2, -0.15) is 0 Å². The summed E-state index contributed by atoms with van der Waals surface area (Å²) in [5.74, 6) is 1.71. The van der Waals surface area contributed by atoms with Crippen molar-refractivity contribution in [3.8, 4) is 5.75 Å². The number of piperidine rings is 1. The summed E-state index contributed by atoms with van der Waals surface area (Å²) in [6.45, 7) is 7.11. The molecule has 1 aromatic carbocycles. The number of benzene rings is 1. The van der Waals surface area contributed by atoms with Crippen LogP contribution in [0.1, 0.15) is 65.9 Å². The second kappa shape index (κ2) is 10.2. The van der Waals surface area contributed by atoms with E-state index >= 15 is 0 Å². The van der Waals surface area contributed by atoms with Crippen molar-refractivity contribution in [2.75, 3.05) is 26.2 Å². The molecule has 0 spiro atoms. The molecule has 172 valence electrons. The van der Waals surface area contributed by atoms with Gasteiger partial charge in [-0.05, 0) is 57.7 Å². The average molecular weight is 440 g/mol. The van der Waals surface area contributed by atoms with Gasteiger partial charge >= 0.3 is 0 Å². The number of nitrogens with zero attached hydrogens (tertiary/aromatic N) is 3. The predicted molar refractivity (Wildman–Crippen MR) is 120 cm³/mol. The number of carbonyl (C=O) groups excluding carboxylic acids is 2. The monoisotopic (exact) mass is 439 g/mol. The van der Waals surface area contributed by atoms with Gasteiger partial charge in [0.1, 0.15) is 18.1 Å². The van der Waals surface area contributed by atoms with Gasteiger partial charge in [-0.3, -0.25) is 9.59 Å². The van der Waals surface area contributed by atoms with Crippen LogP contribution in [0.15, 0.2) is 28.8 Å². The van der Waals surface area contributed by atoms with Gasteiger partial charge in [0.15, 0.2) is 0 Å². The molecule has 0 saturated carbocycles. The fourth-order valence-corrected chi connectivity index (χ4v) is 4.64. The van der Waals surface area contributed by atoms with Gasteiger partial charge in [0.05, 0.1) is 11.3 Å². The predicted octanol–water partition coefficient (Wildman–Crippen LogP) is 4.13. The van der Waals surface area contributed by atoms with E-state index in [-0.39, 0.29) is 17.7 Å². The first-order valence-electron chi connectivity index (χ1n) is 11.8. The van der Waals surface area contributed by atoms with Crippen molar-refractivity contribution in [2.24, 2.45) is 5.92 Å². The van der Waals surface area contributed by atoms with Crippen LogP contribution in [0.4, 0.5) is 0 Å². The number of hydrogen-bond acceptors (Lipinski definition) is 5. The van der Waals surface area contributed by atoms with E-state index in [0.717, 1.165) is 55.8 Å². The third-order valence-corrected chi connectivity index (χ3v) is 6.69. The Kier molecular flexibility index (Phi) is 7.12. The van der Waals surface area contributed by atoms with Crippen LogP contribution < -0.4 is 4.74 Å². The van der Waals surface area contributed by atoms with Crippen molar-refractivity contribution in [3.05, 3.63) is 46.8 Å². The lowest BCUT2D eigenvalue weighted by Crippen LogP contribution is -2.44. The minimum absolute atomic E-state index is 0.00606. The zero-order chi connectivity index (χ0) is 22.5. The van der Waals surface area contributed by atoms with Crippen LogP contribution in [-0.2, 0) is 11.4 Å². The quantitative estimate of drug-likeness (QED) is 0.700. The normalized spacial score (nSPS) is 17.8. The smallest absolute Gasteiger partial charge is 0.253 e. The number of aryl methyl sites for hydroxylation is 2. The average Bonchev–Trinajstić information content (AvgIpc) is 3.00. The molecule has 0 atom stereocenters. The van der Waals surface area contributed by atoms with Crippen LogP contribution in [-0.4, -0.2) is 52.9 Å². The molecule has 2 saturated heterocycles. The van der Waals surface area contributed by atoms with E-state index in [0.29, 0.717) is 31.0 Å². The van der Waals surface area contributed by atoms with Crippen molar-refractivity contribution < 1.29 is 18.8 Å². The number of hydrogen-bond donors (Lipinski definition) is 0. The Balaban J connectivity index is 1.32. The molecule has 2 aliphatic rings. The van der Waals surface area contributed by atoms with E-state index in [2.05, 4.69) is 10.1 Å². The highest BCUT2D eigenvalue weighted by Crippen LogP contribution is 2.24. The molecule has 0 N–H and O–H groups in total. The molecule has 32 heavy (non-hydrogen) atoms. The van der Waals surface area contributed by atoms with E-state index in [4.69, 9.17) is 9.26 Å². The second-order valence-corrected chi connectivity index (χ2v) is 8.93. The first-order valence-corrected chi connectivity index (χ1v) is 11.8. The van der Waals surface area contributed by atoms with E-state index in [1.54, 1.807) is 6.07 Å². The summed E-state index contributed by atoms with van der Waals surface area (Å²) in [5.41, 5.74) is 2.35. The lowest BCUT2D eigenvalue weighted by molar-refractivity contribution is -0.136. The topological polar surface area (TPSA) is 75.9 Å². The van der Waals surface area contributed by atoms with Crippen LogP contribution in [0, 0.1) is 19.8 Å². The molecule has 7 heteroatoms. The minimum Gasteiger partial charge on any atom is -0.489 e. The van der Waals surface area contributed by atoms with Gasteiger partial charge in [0.2, 0.25) is 5.91 Å². The van der Waals surface area contributed by atoms with Crippen LogP contribution in [0.25, 0.3) is 0 Å². The molecule has 2 aliphatic heterocycles. The molecule has 7 nitrogen and oxygen atoms in total. The van der Waals surface area contributed by atoms with Gasteiger partial charge in [0.25, 0.3) is 5.91 Å². The summed E-state index contributed by atoms with van der Waals surface area (Å²) < 4.78 is 11.1. The van der Waals surface area contributed by atoms with Crippen LogP contribution >= 0.6 is 0 Å². The zero-order valence-corrected chi connectivity index (χ0v) is 19.1. The minimum atomic E-state index is -0.00606. The molecule has 1 aromatic heterocycles. The van der Waals surface area contributed by atoms with Gasteiger partial charge in [-0.1, -0.05) is 24.1 Å². The van der Waals surface area contributed by atoms with Gasteiger partial charge in [-0.15, -0.1) is 0 Å². The highest BCUT2D eigenvalue weighted by molar-refractivity contribution is 5.94. The molecule has 2 aromatic rings. The molecule has 0 unspecified atom stereocenters. The van der Waals surface area contributed by atoms with E-state index in [1.807, 2.05) is 36.9 Å². The molecule has 0 aliphatic carbocycles. The highest BCUT2D eigenvalue weighted by atomic mass is 16.5. The summed E-state index contributed by atoms with van der Waals surface area (Å²) >= 11 is 0. The Bertz CT molecular complexity index is 919. The molecule has 0 bridgehead atoms. The Labute approximate surface area is 189 Å². The van der Waals surface area contributed by atoms with E-state index in [9.17, 15) is 9.59 Å². The van der Waals surface area contributed by atoms with E-state index in [1.165, 1.54) is 12.8 Å². The Hall–Kier alpha value is -2.83. The van der Waals surface area contributed by atoms with Crippen molar-refractivity contribution >= 4 is 11.8 Å². The Morgan fingerprint density at radius 1 is 1.03 bits per heavy atom. The number of carbonyl (C=O) groups is 2. The highest BCUT2D eigenvalue weighted by Gasteiger charge is 2.30. The Morgan fingerprint density at radius 3 is 2.41 bits per heavy atom. The Morgan fingerprint density at radius 2 is 1.75 bits per heavy atom. The molecule has 4 rings (SSSR count). The first kappa shape index (κ1) is 22.4. The van der Waals surface area contributed by atoms with Crippen molar-refractivity contribution in [1.82, 2.24) is 15.0 Å². The number of aromatic nitrogens is 1. The van der Waals surface area contributed by atoms with Crippen LogP contribution in [0.5, 0.6) is 5.75 Å². The summed E-state index contributed by atoms with van der Waals surface area (Å²) in [5, 5.41) is 3.95. The van der Waals surface area contributed by atoms with Gasteiger partial charge in [-0.25, -0.2) is 0 Å². The first-order chi connectivity index (χ1) is 15.5. The molecule has 0 radical (unpaired) electrons. The van der Waals surface area contributed by atoms with Crippen LogP contribution in [0.2, 0.25) is 0 Å². The SMILES string of the molecule is Cc1noc(C)c1COc1cccc(C(=O)N2CCC(C(=O)N3CCCCCC3)CC2)c1. The summed E-state index contributed by atoms with van der Waals surface area (Å²) in [4.78, 5) is 29.9. The number of amides is 2. The number of rotatable bonds is 5. The lowest BCUT2D eigenvalue weighted by Gasteiger charge is -2.34. The van der Waals surface area contributed by atoms with Crippen molar-refractivity contribution in [1.29, 1.82) is 0 Å². The maximum Gasteiger partial charge on any atom is 0.253 e. The molecule has 2 amide bonds. The van der Waals surface area contributed by atoms with Crippen LogP contribution in [0.3, 0.4) is 0 Å². The third-order valence-electron chi connectivity index (χ3n) is 6.69. The molecular formula is C25H33N3O4. The lowest BCUT2D eigenvalue weighted by atomic mass is 9.94. The molecular weight excluding hydrogens is 406 g/mol. The summed E-state index contributed by atoms with van der Waals surface area (Å²) in [6.07, 6.45) is 6.14. The third kappa shape index (κ3) is 5.14. The second-order valence-electron chi connectivity index (χ2n) is 8.93. The summed E-state index contributed by atoms with van der Waals surface area (Å²) in [6, 6.07) is 7.29. The van der Waals surface area contributed by atoms with E-state index < -0.39 is 0 Å². The van der Waals surface area contributed by atoms with Gasteiger partial charge < -0.3 is 19.1 Å². The number of likely N-dealkylation sites (tertiary alicyclic amines) is 2. The van der Waals surface area contributed by atoms with Gasteiger partial charge in [0, 0.05) is 37.7 Å². The number of ether oxygens (including phenoxy) is 1. The summed E-state index contributed by atoms with van der Waals surface area (Å²) in [7, 11) is 0. The largest absolute Gasteiger partial charge is 0.489 e.